The molecule has 0 amide bonds. The summed E-state index contributed by atoms with van der Waals surface area (Å²) < 4.78 is 0. The number of rotatable bonds is 2. The quantitative estimate of drug-likeness (QED) is 0.819. The monoisotopic (exact) mass is 244 g/mol. The largest absolute Gasteiger partial charge is 0.377 e. The Morgan fingerprint density at radius 1 is 1.12 bits per heavy atom. The molecule has 3 rings (SSSR count). The highest BCUT2D eigenvalue weighted by molar-refractivity contribution is 6.21. The van der Waals surface area contributed by atoms with Crippen molar-refractivity contribution in [3.63, 3.8) is 0 Å². The van der Waals surface area contributed by atoms with Gasteiger partial charge in [0.1, 0.15) is 0 Å². The van der Waals surface area contributed by atoms with Crippen molar-refractivity contribution in [3.8, 4) is 0 Å². The van der Waals surface area contributed by atoms with Crippen molar-refractivity contribution in [1.29, 1.82) is 0 Å². The fourth-order valence-corrected chi connectivity index (χ4v) is 2.71. The highest BCUT2D eigenvalue weighted by Gasteiger charge is 2.30. The van der Waals surface area contributed by atoms with Gasteiger partial charge in [-0.25, -0.2) is 0 Å². The predicted octanol–water partition coefficient (Wildman–Crippen LogP) is 3.40. The van der Waals surface area contributed by atoms with Gasteiger partial charge in [0.25, 0.3) is 0 Å². The van der Waals surface area contributed by atoms with Gasteiger partial charge < -0.3 is 5.32 Å². The average molecular weight is 245 g/mol. The number of aromatic nitrogens is 1. The molecular weight excluding hydrogens is 232 g/mol. The molecule has 0 fully saturated rings. The number of alkyl halides is 1. The van der Waals surface area contributed by atoms with Gasteiger partial charge in [-0.05, 0) is 29.7 Å². The van der Waals surface area contributed by atoms with E-state index in [2.05, 4.69) is 34.6 Å². The number of hydrogen-bond acceptors (Lipinski definition) is 2. The van der Waals surface area contributed by atoms with Crippen molar-refractivity contribution in [2.45, 2.75) is 17.8 Å². The van der Waals surface area contributed by atoms with Crippen LogP contribution in [-0.2, 0) is 6.42 Å². The number of anilines is 1. The minimum absolute atomic E-state index is 0.112. The van der Waals surface area contributed by atoms with Crippen molar-refractivity contribution in [3.05, 3.63) is 59.9 Å². The normalized spacial score (nSPS) is 22.2. The van der Waals surface area contributed by atoms with Gasteiger partial charge in [-0.1, -0.05) is 24.3 Å². The standard InChI is InChI=1S/C14H13ClN2/c15-13-9-10-3-1-2-4-12(10)14(13)17-11-5-7-16-8-6-11/h1-8,13-14H,9H2,(H,16,17). The van der Waals surface area contributed by atoms with E-state index >= 15 is 0 Å². The molecule has 2 atom stereocenters. The molecule has 0 saturated carbocycles. The lowest BCUT2D eigenvalue weighted by atomic mass is 10.1. The number of hydrogen-bond donors (Lipinski definition) is 1. The van der Waals surface area contributed by atoms with Crippen molar-refractivity contribution in [1.82, 2.24) is 4.98 Å². The number of halogens is 1. The van der Waals surface area contributed by atoms with E-state index in [0.717, 1.165) is 12.1 Å². The number of fused-ring (bicyclic) bond motifs is 1. The molecule has 0 saturated heterocycles. The van der Waals surface area contributed by atoms with Gasteiger partial charge in [0.2, 0.25) is 0 Å². The molecule has 17 heavy (non-hydrogen) atoms. The van der Waals surface area contributed by atoms with E-state index in [9.17, 15) is 0 Å². The molecule has 2 aromatic rings. The lowest BCUT2D eigenvalue weighted by Crippen LogP contribution is -2.16. The van der Waals surface area contributed by atoms with Gasteiger partial charge in [-0.2, -0.15) is 0 Å². The van der Waals surface area contributed by atoms with Gasteiger partial charge in [0.05, 0.1) is 11.4 Å². The number of nitrogens with zero attached hydrogens (tertiary/aromatic N) is 1. The maximum atomic E-state index is 6.42. The summed E-state index contributed by atoms with van der Waals surface area (Å²) in [5.41, 5.74) is 3.72. The molecule has 0 bridgehead atoms. The van der Waals surface area contributed by atoms with Crippen LogP contribution >= 0.6 is 11.6 Å². The number of pyridine rings is 1. The first-order chi connectivity index (χ1) is 8.34. The Labute approximate surface area is 106 Å². The highest BCUT2D eigenvalue weighted by atomic mass is 35.5. The summed E-state index contributed by atoms with van der Waals surface area (Å²) >= 11 is 6.42. The molecule has 1 aliphatic carbocycles. The average Bonchev–Trinajstić information content (AvgIpc) is 2.68. The summed E-state index contributed by atoms with van der Waals surface area (Å²) in [6.07, 6.45) is 4.50. The molecule has 0 spiro atoms. The second-order valence-corrected chi connectivity index (χ2v) is 4.84. The lowest BCUT2D eigenvalue weighted by Gasteiger charge is -2.18. The third kappa shape index (κ3) is 2.01. The first kappa shape index (κ1) is 10.6. The lowest BCUT2D eigenvalue weighted by molar-refractivity contribution is 0.771. The van der Waals surface area contributed by atoms with E-state index in [0.29, 0.717) is 0 Å². The predicted molar refractivity (Wildman–Crippen MR) is 70.4 cm³/mol. The molecule has 86 valence electrons. The molecular formula is C14H13ClN2. The fourth-order valence-electron chi connectivity index (χ4n) is 2.34. The molecule has 2 nitrogen and oxygen atoms in total. The summed E-state index contributed by atoms with van der Waals surface area (Å²) in [6.45, 7) is 0. The molecule has 2 unspecified atom stereocenters. The Bertz CT molecular complexity index is 513. The van der Waals surface area contributed by atoms with Crippen molar-refractivity contribution in [2.75, 3.05) is 5.32 Å². The molecule has 3 heteroatoms. The van der Waals surface area contributed by atoms with E-state index in [1.807, 2.05) is 12.1 Å². The van der Waals surface area contributed by atoms with Gasteiger partial charge in [-0.3, -0.25) is 4.98 Å². The Morgan fingerprint density at radius 3 is 2.71 bits per heavy atom. The van der Waals surface area contributed by atoms with Crippen LogP contribution in [0.3, 0.4) is 0 Å². The fraction of sp³-hybridized carbons (Fsp3) is 0.214. The maximum absolute atomic E-state index is 6.42. The molecule has 1 aromatic carbocycles. The van der Waals surface area contributed by atoms with E-state index in [-0.39, 0.29) is 11.4 Å². The summed E-state index contributed by atoms with van der Waals surface area (Å²) in [6, 6.07) is 12.5. The minimum atomic E-state index is 0.112. The first-order valence-electron chi connectivity index (χ1n) is 5.73. The van der Waals surface area contributed by atoms with E-state index in [1.54, 1.807) is 12.4 Å². The van der Waals surface area contributed by atoms with Gasteiger partial charge in [0, 0.05) is 18.1 Å². The SMILES string of the molecule is ClC1Cc2ccccc2C1Nc1ccncc1. The van der Waals surface area contributed by atoms with E-state index in [4.69, 9.17) is 11.6 Å². The van der Waals surface area contributed by atoms with Gasteiger partial charge in [0.15, 0.2) is 0 Å². The Hall–Kier alpha value is -1.54. The molecule has 1 aromatic heterocycles. The van der Waals surface area contributed by atoms with Crippen LogP contribution in [0.4, 0.5) is 5.69 Å². The summed E-state index contributed by atoms with van der Waals surface area (Å²) in [5.74, 6) is 0. The third-order valence-electron chi connectivity index (χ3n) is 3.17. The van der Waals surface area contributed by atoms with Crippen LogP contribution in [0, 0.1) is 0 Å². The van der Waals surface area contributed by atoms with Crippen LogP contribution in [0.15, 0.2) is 48.8 Å². The van der Waals surface area contributed by atoms with Crippen LogP contribution in [0.25, 0.3) is 0 Å². The molecule has 1 aliphatic rings. The Kier molecular flexibility index (Phi) is 2.73. The topological polar surface area (TPSA) is 24.9 Å². The van der Waals surface area contributed by atoms with Crippen molar-refractivity contribution >= 4 is 17.3 Å². The molecule has 1 heterocycles. The van der Waals surface area contributed by atoms with Crippen LogP contribution in [0.2, 0.25) is 0 Å². The van der Waals surface area contributed by atoms with Crippen LogP contribution < -0.4 is 5.32 Å². The molecule has 0 aliphatic heterocycles. The zero-order chi connectivity index (χ0) is 11.7. The second-order valence-electron chi connectivity index (χ2n) is 4.28. The second kappa shape index (κ2) is 4.38. The maximum Gasteiger partial charge on any atom is 0.0683 e. The molecule has 0 radical (unpaired) electrons. The van der Waals surface area contributed by atoms with Crippen molar-refractivity contribution < 1.29 is 0 Å². The Balaban J connectivity index is 1.89. The zero-order valence-electron chi connectivity index (χ0n) is 9.31. The number of benzene rings is 1. The van der Waals surface area contributed by atoms with Gasteiger partial charge in [-0.15, -0.1) is 11.6 Å². The summed E-state index contributed by atoms with van der Waals surface area (Å²) in [5, 5.41) is 3.59. The minimum Gasteiger partial charge on any atom is -0.377 e. The van der Waals surface area contributed by atoms with Gasteiger partial charge >= 0.3 is 0 Å². The number of nitrogens with one attached hydrogen (secondary N) is 1. The zero-order valence-corrected chi connectivity index (χ0v) is 10.1. The Morgan fingerprint density at radius 2 is 1.88 bits per heavy atom. The third-order valence-corrected chi connectivity index (χ3v) is 3.58. The van der Waals surface area contributed by atoms with E-state index < -0.39 is 0 Å². The summed E-state index contributed by atoms with van der Waals surface area (Å²) in [4.78, 5) is 4.01. The highest BCUT2D eigenvalue weighted by Crippen LogP contribution is 2.36. The van der Waals surface area contributed by atoms with Crippen LogP contribution in [0.5, 0.6) is 0 Å². The first-order valence-corrected chi connectivity index (χ1v) is 6.16. The smallest absolute Gasteiger partial charge is 0.0683 e. The van der Waals surface area contributed by atoms with Crippen LogP contribution in [0.1, 0.15) is 17.2 Å². The summed E-state index contributed by atoms with van der Waals surface area (Å²) in [7, 11) is 0. The van der Waals surface area contributed by atoms with Crippen LogP contribution in [-0.4, -0.2) is 10.4 Å². The molecule has 1 N–H and O–H groups in total. The van der Waals surface area contributed by atoms with E-state index in [1.165, 1.54) is 11.1 Å². The van der Waals surface area contributed by atoms with Crippen molar-refractivity contribution in [2.24, 2.45) is 0 Å².